The number of hydrogen-bond donors (Lipinski definition) is 5. The number of carbonyl (C=O) groups excluding carboxylic acids is 3. The lowest BCUT2D eigenvalue weighted by Crippen LogP contribution is -2.58. The average Bonchev–Trinajstić information content (AvgIpc) is 3.97. The number of aliphatic hydroxyl groups is 1. The zero-order chi connectivity index (χ0) is 41.8. The van der Waals surface area contributed by atoms with Gasteiger partial charge in [0.05, 0.1) is 40.6 Å². The molecule has 16 heteroatoms. The Morgan fingerprint density at radius 2 is 1.76 bits per heavy atom. The van der Waals surface area contributed by atoms with Crippen molar-refractivity contribution < 1.29 is 24.6 Å². The third-order valence-electron chi connectivity index (χ3n) is 11.2. The molecule has 3 aromatic heterocycles. The van der Waals surface area contributed by atoms with Crippen molar-refractivity contribution >= 4 is 34.9 Å². The number of nitrogens with one attached hydrogen (secondary N) is 2. The Balaban J connectivity index is 0.905. The van der Waals surface area contributed by atoms with Crippen LogP contribution in [0.15, 0.2) is 72.5 Å². The lowest BCUT2D eigenvalue weighted by molar-refractivity contribution is -0.144. The van der Waals surface area contributed by atoms with E-state index in [9.17, 15) is 24.6 Å². The molecular formula is C43H52N10O5S. The number of likely N-dealkylation sites (tertiary alicyclic amines) is 2. The third kappa shape index (κ3) is 9.78. The van der Waals surface area contributed by atoms with Gasteiger partial charge < -0.3 is 31.5 Å². The molecule has 5 aromatic rings. The summed E-state index contributed by atoms with van der Waals surface area (Å²) in [6, 6.07) is 14.9. The normalized spacial score (nSPS) is 18.2. The summed E-state index contributed by atoms with van der Waals surface area (Å²) in [5, 5.41) is 39.8. The number of amides is 3. The standard InChI is InChI=1S/C43H52N10O5S/c1-26-38(59-25-46-26)29-11-9-27(10-12-29)19-45-41(57)35-17-31(54)23-53(35)42(58)39(43(2,3)4)48-37(56)24-51-15-13-28(14-16-51)21-52-22-30(20-47-52)33-18-34(49-50-40(33)44)32-7-5-6-8-36(32)55/h5-12,18,20,22,25,28,31,35,39,54-55H,13-17,19,21,23-24H2,1-4H3,(H2,44,50)(H,45,57)(H,48,56)/t31-,35+,39-/m1/s1. The number of rotatable bonds is 12. The first-order valence-corrected chi connectivity index (χ1v) is 20.8. The molecule has 3 amide bonds. The van der Waals surface area contributed by atoms with Gasteiger partial charge in [-0.15, -0.1) is 21.5 Å². The van der Waals surface area contributed by atoms with E-state index in [0.29, 0.717) is 42.4 Å². The number of nitrogens with zero attached hydrogens (tertiary/aromatic N) is 7. The number of nitrogens with two attached hydrogens (primary N) is 1. The minimum absolute atomic E-state index is 0.0135. The first-order chi connectivity index (χ1) is 28.2. The number of β-amino-alcohol motifs (C(OH)–C–C–N with tert-alkyl or cyclic N) is 1. The van der Waals surface area contributed by atoms with Crippen LogP contribution in [0.5, 0.6) is 5.75 Å². The Hall–Kier alpha value is -5.71. The van der Waals surface area contributed by atoms with Crippen LogP contribution in [0.2, 0.25) is 0 Å². The fraction of sp³-hybridized carbons (Fsp3) is 0.419. The maximum atomic E-state index is 14.1. The van der Waals surface area contributed by atoms with Gasteiger partial charge in [0.15, 0.2) is 5.82 Å². The van der Waals surface area contributed by atoms with Crippen LogP contribution < -0.4 is 16.4 Å². The Morgan fingerprint density at radius 3 is 2.46 bits per heavy atom. The lowest BCUT2D eigenvalue weighted by atomic mass is 9.85. The molecule has 0 bridgehead atoms. The first kappa shape index (κ1) is 41.4. The van der Waals surface area contributed by atoms with Gasteiger partial charge in [0.1, 0.15) is 17.8 Å². The number of thiazole rings is 1. The number of nitrogen functional groups attached to an aromatic ring is 1. The highest BCUT2D eigenvalue weighted by Crippen LogP contribution is 2.33. The molecule has 2 fully saturated rings. The number of carbonyl (C=O) groups is 3. The van der Waals surface area contributed by atoms with Crippen molar-refractivity contribution in [3.63, 3.8) is 0 Å². The summed E-state index contributed by atoms with van der Waals surface area (Å²) in [7, 11) is 0. The third-order valence-corrected chi connectivity index (χ3v) is 12.2. The molecular weight excluding hydrogens is 769 g/mol. The largest absolute Gasteiger partial charge is 0.507 e. The van der Waals surface area contributed by atoms with Gasteiger partial charge in [0.25, 0.3) is 0 Å². The van der Waals surface area contributed by atoms with Crippen molar-refractivity contribution in [1.29, 1.82) is 0 Å². The molecule has 0 aliphatic carbocycles. The smallest absolute Gasteiger partial charge is 0.246 e. The van der Waals surface area contributed by atoms with Crippen LogP contribution in [0.25, 0.3) is 32.8 Å². The van der Waals surface area contributed by atoms with Crippen molar-refractivity contribution in [2.24, 2.45) is 11.3 Å². The number of anilines is 1. The van der Waals surface area contributed by atoms with Gasteiger partial charge in [-0.25, -0.2) is 4.98 Å². The molecule has 6 N–H and O–H groups in total. The van der Waals surface area contributed by atoms with Gasteiger partial charge in [-0.2, -0.15) is 5.10 Å². The van der Waals surface area contributed by atoms with Crippen LogP contribution in [0.3, 0.4) is 0 Å². The zero-order valence-electron chi connectivity index (χ0n) is 33.8. The van der Waals surface area contributed by atoms with E-state index in [-0.39, 0.29) is 55.3 Å². The lowest BCUT2D eigenvalue weighted by Gasteiger charge is -2.36. The van der Waals surface area contributed by atoms with Gasteiger partial charge in [-0.05, 0) is 73.5 Å². The molecule has 2 aromatic carbocycles. The molecule has 15 nitrogen and oxygen atoms in total. The SMILES string of the molecule is Cc1ncsc1-c1ccc(CNC(=O)[C@@H]2C[C@@H](O)CN2C(=O)[C@@H](NC(=O)CN2CCC(Cn3cc(-c4cc(-c5ccccc5O)nnc4N)cn3)CC2)C(C)(C)C)cc1. The van der Waals surface area contributed by atoms with E-state index in [1.54, 1.807) is 41.8 Å². The van der Waals surface area contributed by atoms with Gasteiger partial charge in [0.2, 0.25) is 17.7 Å². The van der Waals surface area contributed by atoms with Crippen LogP contribution in [-0.2, 0) is 27.5 Å². The fourth-order valence-electron chi connectivity index (χ4n) is 7.84. The highest BCUT2D eigenvalue weighted by Gasteiger charge is 2.44. The monoisotopic (exact) mass is 820 g/mol. The number of hydrogen-bond acceptors (Lipinski definition) is 12. The van der Waals surface area contributed by atoms with Gasteiger partial charge in [-0.1, -0.05) is 57.2 Å². The van der Waals surface area contributed by atoms with E-state index in [1.165, 1.54) is 4.90 Å². The molecule has 2 aliphatic rings. The highest BCUT2D eigenvalue weighted by molar-refractivity contribution is 7.13. The minimum Gasteiger partial charge on any atom is -0.507 e. The quantitative estimate of drug-likeness (QED) is 0.120. The van der Waals surface area contributed by atoms with E-state index in [1.807, 2.05) is 74.4 Å². The van der Waals surface area contributed by atoms with Crippen LogP contribution >= 0.6 is 11.3 Å². The molecule has 7 rings (SSSR count). The Labute approximate surface area is 347 Å². The maximum absolute atomic E-state index is 14.1. The number of phenols is 1. The zero-order valence-corrected chi connectivity index (χ0v) is 34.7. The van der Waals surface area contributed by atoms with Crippen molar-refractivity contribution in [2.45, 2.75) is 78.2 Å². The van der Waals surface area contributed by atoms with Crippen LogP contribution in [0.1, 0.15) is 51.3 Å². The number of piperidine rings is 1. The maximum Gasteiger partial charge on any atom is 0.246 e. The summed E-state index contributed by atoms with van der Waals surface area (Å²) in [5.74, 6) is -0.282. The molecule has 0 unspecified atom stereocenters. The number of aromatic hydroxyl groups is 1. The highest BCUT2D eigenvalue weighted by atomic mass is 32.1. The molecule has 3 atom stereocenters. The summed E-state index contributed by atoms with van der Waals surface area (Å²) >= 11 is 1.58. The average molecular weight is 821 g/mol. The fourth-order valence-corrected chi connectivity index (χ4v) is 8.65. The molecule has 310 valence electrons. The van der Waals surface area contributed by atoms with E-state index in [2.05, 4.69) is 35.8 Å². The number of aliphatic hydroxyl groups excluding tert-OH is 1. The predicted octanol–water partition coefficient (Wildman–Crippen LogP) is 4.25. The first-order valence-electron chi connectivity index (χ1n) is 19.9. The number of aryl methyl sites for hydroxylation is 1. The topological polar surface area (TPSA) is 205 Å². The van der Waals surface area contributed by atoms with Crippen LogP contribution in [-0.4, -0.2) is 107 Å². The van der Waals surface area contributed by atoms with Crippen molar-refractivity contribution in [3.8, 4) is 38.6 Å². The van der Waals surface area contributed by atoms with E-state index in [0.717, 1.165) is 40.1 Å². The molecule has 2 saturated heterocycles. The van der Waals surface area contributed by atoms with Crippen LogP contribution in [0, 0.1) is 18.3 Å². The van der Waals surface area contributed by atoms with E-state index < -0.39 is 23.6 Å². The minimum atomic E-state index is -0.899. The second kappa shape index (κ2) is 17.6. The summed E-state index contributed by atoms with van der Waals surface area (Å²) in [6.07, 6.45) is 4.67. The van der Waals surface area contributed by atoms with Gasteiger partial charge >= 0.3 is 0 Å². The molecule has 0 saturated carbocycles. The molecule has 0 spiro atoms. The second-order valence-electron chi connectivity index (χ2n) is 16.7. The van der Waals surface area contributed by atoms with Crippen LogP contribution in [0.4, 0.5) is 5.82 Å². The van der Waals surface area contributed by atoms with E-state index in [4.69, 9.17) is 5.73 Å². The summed E-state index contributed by atoms with van der Waals surface area (Å²) < 4.78 is 1.90. The second-order valence-corrected chi connectivity index (χ2v) is 17.5. The number of aromatic nitrogens is 5. The number of para-hydroxylation sites is 1. The molecule has 5 heterocycles. The predicted molar refractivity (Wildman–Crippen MR) is 226 cm³/mol. The van der Waals surface area contributed by atoms with Gasteiger partial charge in [-0.3, -0.25) is 24.0 Å². The summed E-state index contributed by atoms with van der Waals surface area (Å²) in [6.45, 7) is 10.2. The molecule has 2 aliphatic heterocycles. The van der Waals surface area contributed by atoms with Crippen molar-refractivity contribution in [3.05, 3.63) is 83.8 Å². The van der Waals surface area contributed by atoms with E-state index >= 15 is 0 Å². The summed E-state index contributed by atoms with van der Waals surface area (Å²) in [5.41, 5.74) is 12.8. The molecule has 59 heavy (non-hydrogen) atoms. The van der Waals surface area contributed by atoms with Crippen molar-refractivity contribution in [1.82, 2.24) is 45.4 Å². The Kier molecular flexibility index (Phi) is 12.4. The molecule has 0 radical (unpaired) electrons. The number of phenolic OH excluding ortho intramolecular Hbond substituents is 1. The number of benzene rings is 2. The Bertz CT molecular complexity index is 2280. The van der Waals surface area contributed by atoms with Gasteiger partial charge in [0, 0.05) is 48.9 Å². The summed E-state index contributed by atoms with van der Waals surface area (Å²) in [4.78, 5) is 50.1. The van der Waals surface area contributed by atoms with Crippen molar-refractivity contribution in [2.75, 3.05) is 31.9 Å². The Morgan fingerprint density at radius 1 is 1.02 bits per heavy atom.